The zero-order valence-corrected chi connectivity index (χ0v) is 25.0. The minimum absolute atomic E-state index is 0.0311. The van der Waals surface area contributed by atoms with Crippen LogP contribution in [-0.4, -0.2) is 29.9 Å². The van der Waals surface area contributed by atoms with E-state index in [2.05, 4.69) is 14.8 Å². The summed E-state index contributed by atoms with van der Waals surface area (Å²) in [6.45, 7) is 5.53. The number of hydrogen-bond donors (Lipinski definition) is 3. The molecule has 0 aliphatic heterocycles. The van der Waals surface area contributed by atoms with Crippen LogP contribution in [0.5, 0.6) is 5.75 Å². The molecule has 0 fully saturated rings. The molecule has 9 nitrogen and oxygen atoms in total. The summed E-state index contributed by atoms with van der Waals surface area (Å²) in [5.41, 5.74) is 3.62. The standard InChI is InChI=1S/C29H28ClN3O6S2/c1-18-5-12-27(39-4)26(16-18)33-40(35,36)24-9-7-22(8-10-24)31-29(34)21-6-11-25(30)28(17-21)41(37,38)32-23-14-19(2)13-20(3)15-23/h5-17,32-33H,1-4H3,(H,31,34). The van der Waals surface area contributed by atoms with Crippen LogP contribution in [0.15, 0.2) is 88.7 Å². The Balaban J connectivity index is 1.51. The molecule has 0 bridgehead atoms. The molecular formula is C29H28ClN3O6S2. The Bertz CT molecular complexity index is 1820. The van der Waals surface area contributed by atoms with Gasteiger partial charge in [0.2, 0.25) is 0 Å². The molecule has 0 aliphatic carbocycles. The molecule has 214 valence electrons. The molecule has 1 amide bonds. The Morgan fingerprint density at radius 1 is 0.707 bits per heavy atom. The number of methoxy groups -OCH3 is 1. The van der Waals surface area contributed by atoms with Crippen molar-refractivity contribution in [3.8, 4) is 5.75 Å². The van der Waals surface area contributed by atoms with E-state index in [-0.39, 0.29) is 20.4 Å². The highest BCUT2D eigenvalue weighted by molar-refractivity contribution is 7.93. The highest BCUT2D eigenvalue weighted by Gasteiger charge is 2.21. The monoisotopic (exact) mass is 613 g/mol. The number of anilines is 3. The van der Waals surface area contributed by atoms with E-state index in [9.17, 15) is 21.6 Å². The molecule has 0 heterocycles. The van der Waals surface area contributed by atoms with Gasteiger partial charge in [0.1, 0.15) is 10.6 Å². The second kappa shape index (κ2) is 11.8. The topological polar surface area (TPSA) is 131 Å². The van der Waals surface area contributed by atoms with E-state index >= 15 is 0 Å². The lowest BCUT2D eigenvalue weighted by Gasteiger charge is -2.13. The number of amides is 1. The summed E-state index contributed by atoms with van der Waals surface area (Å²) in [5, 5.41) is 2.59. The number of sulfonamides is 2. The number of benzene rings is 4. The minimum Gasteiger partial charge on any atom is -0.495 e. The average molecular weight is 614 g/mol. The van der Waals surface area contributed by atoms with Gasteiger partial charge in [0.15, 0.2) is 0 Å². The first-order chi connectivity index (χ1) is 19.3. The fourth-order valence-electron chi connectivity index (χ4n) is 4.12. The van der Waals surface area contributed by atoms with Gasteiger partial charge in [-0.1, -0.05) is 23.7 Å². The van der Waals surface area contributed by atoms with E-state index in [4.69, 9.17) is 16.3 Å². The van der Waals surface area contributed by atoms with Crippen LogP contribution in [0.1, 0.15) is 27.0 Å². The lowest BCUT2D eigenvalue weighted by atomic mass is 10.1. The molecule has 0 aromatic heterocycles. The maximum Gasteiger partial charge on any atom is 0.263 e. The summed E-state index contributed by atoms with van der Waals surface area (Å²) in [5.74, 6) is -0.237. The maximum atomic E-state index is 13.1. The first-order valence-corrected chi connectivity index (χ1v) is 15.6. The van der Waals surface area contributed by atoms with Gasteiger partial charge in [0.05, 0.1) is 22.7 Å². The molecule has 0 atom stereocenters. The number of aryl methyl sites for hydroxylation is 3. The number of halogens is 1. The van der Waals surface area contributed by atoms with Crippen LogP contribution >= 0.6 is 11.6 Å². The Morgan fingerprint density at radius 2 is 1.37 bits per heavy atom. The van der Waals surface area contributed by atoms with Crippen molar-refractivity contribution in [1.82, 2.24) is 0 Å². The van der Waals surface area contributed by atoms with Crippen molar-refractivity contribution in [1.29, 1.82) is 0 Å². The predicted octanol–water partition coefficient (Wildman–Crippen LogP) is 6.13. The summed E-state index contributed by atoms with van der Waals surface area (Å²) < 4.78 is 62.3. The van der Waals surface area contributed by atoms with Gasteiger partial charge in [-0.05, 0) is 104 Å². The van der Waals surface area contributed by atoms with Crippen molar-refractivity contribution >= 4 is 54.6 Å². The molecule has 4 rings (SSSR count). The van der Waals surface area contributed by atoms with Crippen molar-refractivity contribution in [2.45, 2.75) is 30.6 Å². The van der Waals surface area contributed by atoms with E-state index in [1.54, 1.807) is 30.3 Å². The van der Waals surface area contributed by atoms with Crippen molar-refractivity contribution in [3.05, 3.63) is 106 Å². The molecule has 12 heteroatoms. The molecule has 41 heavy (non-hydrogen) atoms. The van der Waals surface area contributed by atoms with E-state index in [0.717, 1.165) is 16.7 Å². The van der Waals surface area contributed by atoms with Gasteiger partial charge in [-0.15, -0.1) is 0 Å². The number of ether oxygens (including phenoxy) is 1. The van der Waals surface area contributed by atoms with Crippen molar-refractivity contribution in [2.75, 3.05) is 21.9 Å². The minimum atomic E-state index is -4.11. The quantitative estimate of drug-likeness (QED) is 0.208. The van der Waals surface area contributed by atoms with Crippen LogP contribution in [-0.2, 0) is 20.0 Å². The van der Waals surface area contributed by atoms with Crippen LogP contribution in [0.3, 0.4) is 0 Å². The molecule has 0 unspecified atom stereocenters. The van der Waals surface area contributed by atoms with Crippen LogP contribution < -0.4 is 19.5 Å². The fraction of sp³-hybridized carbons (Fsp3) is 0.138. The van der Waals surface area contributed by atoms with Crippen LogP contribution in [0.2, 0.25) is 5.02 Å². The summed E-state index contributed by atoms with van der Waals surface area (Å²) in [4.78, 5) is 12.7. The number of nitrogens with one attached hydrogen (secondary N) is 3. The first kappa shape index (κ1) is 29.9. The van der Waals surface area contributed by atoms with E-state index in [0.29, 0.717) is 22.8 Å². The van der Waals surface area contributed by atoms with E-state index in [1.807, 2.05) is 26.8 Å². The van der Waals surface area contributed by atoms with Crippen molar-refractivity contribution < 1.29 is 26.4 Å². The molecule has 4 aromatic rings. The van der Waals surface area contributed by atoms with Gasteiger partial charge in [0, 0.05) is 16.9 Å². The third-order valence-electron chi connectivity index (χ3n) is 5.98. The second-order valence-electron chi connectivity index (χ2n) is 9.41. The number of carbonyl (C=O) groups excluding carboxylic acids is 1. The van der Waals surface area contributed by atoms with Crippen molar-refractivity contribution in [2.24, 2.45) is 0 Å². The van der Waals surface area contributed by atoms with Gasteiger partial charge in [-0.3, -0.25) is 14.2 Å². The van der Waals surface area contributed by atoms with Gasteiger partial charge in [0.25, 0.3) is 26.0 Å². The maximum absolute atomic E-state index is 13.1. The normalized spacial score (nSPS) is 11.5. The first-order valence-electron chi connectivity index (χ1n) is 12.3. The van der Waals surface area contributed by atoms with Gasteiger partial charge < -0.3 is 10.1 Å². The lowest BCUT2D eigenvalue weighted by Crippen LogP contribution is -2.17. The summed E-state index contributed by atoms with van der Waals surface area (Å²) in [6.07, 6.45) is 0. The van der Waals surface area contributed by atoms with Gasteiger partial charge in [-0.25, -0.2) is 16.8 Å². The number of rotatable bonds is 9. The Morgan fingerprint density at radius 3 is 2.00 bits per heavy atom. The predicted molar refractivity (Wildman–Crippen MR) is 161 cm³/mol. The summed E-state index contributed by atoms with van der Waals surface area (Å²) in [6, 6.07) is 19.8. The van der Waals surface area contributed by atoms with Crippen LogP contribution in [0.25, 0.3) is 0 Å². The Labute approximate surface area is 244 Å². The molecular weight excluding hydrogens is 586 g/mol. The van der Waals surface area contributed by atoms with E-state index < -0.39 is 26.0 Å². The van der Waals surface area contributed by atoms with Crippen LogP contribution in [0, 0.1) is 20.8 Å². The average Bonchev–Trinajstić information content (AvgIpc) is 2.88. The summed E-state index contributed by atoms with van der Waals surface area (Å²) >= 11 is 6.20. The lowest BCUT2D eigenvalue weighted by molar-refractivity contribution is 0.102. The Hall–Kier alpha value is -4.06. The highest BCUT2D eigenvalue weighted by atomic mass is 35.5. The number of carbonyl (C=O) groups is 1. The smallest absolute Gasteiger partial charge is 0.263 e. The third kappa shape index (κ3) is 7.18. The third-order valence-corrected chi connectivity index (χ3v) is 9.22. The fourth-order valence-corrected chi connectivity index (χ4v) is 6.75. The second-order valence-corrected chi connectivity index (χ2v) is 13.2. The molecule has 4 aromatic carbocycles. The molecule has 0 saturated carbocycles. The molecule has 0 radical (unpaired) electrons. The summed E-state index contributed by atoms with van der Waals surface area (Å²) in [7, 11) is -6.61. The molecule has 0 aliphatic rings. The molecule has 0 spiro atoms. The van der Waals surface area contributed by atoms with Gasteiger partial charge >= 0.3 is 0 Å². The largest absolute Gasteiger partial charge is 0.495 e. The SMILES string of the molecule is COc1ccc(C)cc1NS(=O)(=O)c1ccc(NC(=O)c2ccc(Cl)c(S(=O)(=O)Nc3cc(C)cc(C)c3)c2)cc1. The number of hydrogen-bond acceptors (Lipinski definition) is 6. The Kier molecular flexibility index (Phi) is 8.62. The molecule has 0 saturated heterocycles. The van der Waals surface area contributed by atoms with Crippen LogP contribution in [0.4, 0.5) is 17.1 Å². The highest BCUT2D eigenvalue weighted by Crippen LogP contribution is 2.29. The van der Waals surface area contributed by atoms with Crippen molar-refractivity contribution in [3.63, 3.8) is 0 Å². The zero-order valence-electron chi connectivity index (χ0n) is 22.6. The molecule has 3 N–H and O–H groups in total. The van der Waals surface area contributed by atoms with E-state index in [1.165, 1.54) is 49.6 Å². The van der Waals surface area contributed by atoms with Gasteiger partial charge in [-0.2, -0.15) is 0 Å². The zero-order chi connectivity index (χ0) is 29.9.